The Hall–Kier alpha value is -1.08. The van der Waals surface area contributed by atoms with Gasteiger partial charge in [0.2, 0.25) is 0 Å². The van der Waals surface area contributed by atoms with Crippen LogP contribution in [0.1, 0.15) is 25.8 Å². The van der Waals surface area contributed by atoms with Crippen molar-refractivity contribution in [2.24, 2.45) is 0 Å². The largest absolute Gasteiger partial charge is 0.297 e. The summed E-state index contributed by atoms with van der Waals surface area (Å²) >= 11 is 0. The van der Waals surface area contributed by atoms with Crippen molar-refractivity contribution in [3.05, 3.63) is 47.5 Å². The fourth-order valence-electron chi connectivity index (χ4n) is 2.44. The van der Waals surface area contributed by atoms with Crippen molar-refractivity contribution >= 4 is 0 Å². The van der Waals surface area contributed by atoms with Crippen molar-refractivity contribution in [1.29, 1.82) is 0 Å². The molecule has 86 valence electrons. The summed E-state index contributed by atoms with van der Waals surface area (Å²) in [5.74, 6) is 0. The van der Waals surface area contributed by atoms with Gasteiger partial charge in [0.15, 0.2) is 0 Å². The van der Waals surface area contributed by atoms with Crippen LogP contribution in [0.15, 0.2) is 42.0 Å². The van der Waals surface area contributed by atoms with E-state index in [0.29, 0.717) is 12.1 Å². The first-order valence-electron chi connectivity index (χ1n) is 6.12. The summed E-state index contributed by atoms with van der Waals surface area (Å²) in [6.45, 7) is 4.59. The van der Waals surface area contributed by atoms with Crippen LogP contribution in [0.2, 0.25) is 0 Å². The number of likely N-dealkylation sites (N-methyl/N-ethyl adjacent to an activating group) is 1. The molecule has 1 nitrogen and oxygen atoms in total. The molecular weight excluding hydrogens is 194 g/mol. The standard InChI is InChI=1S/C15H21N/c1-12-9-15(10-13(2)16(12)3)11-14-7-5-4-6-8-14/h4-9,12-13H,10-11H2,1-3H3. The monoisotopic (exact) mass is 215 g/mol. The van der Waals surface area contributed by atoms with Gasteiger partial charge in [0, 0.05) is 12.1 Å². The van der Waals surface area contributed by atoms with Crippen LogP contribution in [0, 0.1) is 0 Å². The van der Waals surface area contributed by atoms with E-state index in [-0.39, 0.29) is 0 Å². The second-order valence-electron chi connectivity index (χ2n) is 4.95. The first kappa shape index (κ1) is 11.4. The van der Waals surface area contributed by atoms with E-state index in [1.165, 1.54) is 12.0 Å². The molecule has 0 bridgehead atoms. The van der Waals surface area contributed by atoms with Crippen molar-refractivity contribution < 1.29 is 0 Å². The number of rotatable bonds is 2. The molecule has 0 radical (unpaired) electrons. The lowest BCUT2D eigenvalue weighted by molar-refractivity contribution is 0.210. The highest BCUT2D eigenvalue weighted by molar-refractivity contribution is 5.24. The highest BCUT2D eigenvalue weighted by atomic mass is 15.2. The van der Waals surface area contributed by atoms with Gasteiger partial charge < -0.3 is 0 Å². The van der Waals surface area contributed by atoms with Gasteiger partial charge in [-0.05, 0) is 39.3 Å². The highest BCUT2D eigenvalue weighted by Gasteiger charge is 2.21. The molecular formula is C15H21N. The van der Waals surface area contributed by atoms with Crippen LogP contribution in [0.25, 0.3) is 0 Å². The Morgan fingerprint density at radius 3 is 2.50 bits per heavy atom. The zero-order chi connectivity index (χ0) is 11.5. The molecule has 1 aromatic rings. The molecule has 0 fully saturated rings. The lowest BCUT2D eigenvalue weighted by atomic mass is 9.93. The smallest absolute Gasteiger partial charge is 0.0252 e. The molecule has 0 N–H and O–H groups in total. The van der Waals surface area contributed by atoms with Crippen LogP contribution in [0.5, 0.6) is 0 Å². The summed E-state index contributed by atoms with van der Waals surface area (Å²) < 4.78 is 0. The maximum absolute atomic E-state index is 2.44. The quantitative estimate of drug-likeness (QED) is 0.684. The van der Waals surface area contributed by atoms with Crippen LogP contribution in [-0.4, -0.2) is 24.0 Å². The van der Waals surface area contributed by atoms with Gasteiger partial charge in [-0.1, -0.05) is 42.0 Å². The Morgan fingerprint density at radius 1 is 1.19 bits per heavy atom. The van der Waals surface area contributed by atoms with Crippen molar-refractivity contribution in [2.75, 3.05) is 7.05 Å². The average Bonchev–Trinajstić information content (AvgIpc) is 2.27. The Kier molecular flexibility index (Phi) is 3.45. The lowest BCUT2D eigenvalue weighted by Crippen LogP contribution is -2.39. The molecule has 0 saturated carbocycles. The topological polar surface area (TPSA) is 3.24 Å². The van der Waals surface area contributed by atoms with E-state index >= 15 is 0 Å². The molecule has 1 aliphatic rings. The number of hydrogen-bond donors (Lipinski definition) is 0. The van der Waals surface area contributed by atoms with Gasteiger partial charge in [0.25, 0.3) is 0 Å². The van der Waals surface area contributed by atoms with E-state index in [1.807, 2.05) is 0 Å². The van der Waals surface area contributed by atoms with Gasteiger partial charge >= 0.3 is 0 Å². The highest BCUT2D eigenvalue weighted by Crippen LogP contribution is 2.23. The lowest BCUT2D eigenvalue weighted by Gasteiger charge is -2.35. The summed E-state index contributed by atoms with van der Waals surface area (Å²) in [7, 11) is 2.21. The maximum Gasteiger partial charge on any atom is 0.0252 e. The van der Waals surface area contributed by atoms with E-state index in [1.54, 1.807) is 5.57 Å². The Balaban J connectivity index is 2.09. The van der Waals surface area contributed by atoms with Gasteiger partial charge in [-0.15, -0.1) is 0 Å². The molecule has 16 heavy (non-hydrogen) atoms. The molecule has 2 atom stereocenters. The summed E-state index contributed by atoms with van der Waals surface area (Å²) in [6, 6.07) is 12.0. The third kappa shape index (κ3) is 2.53. The van der Waals surface area contributed by atoms with E-state index in [9.17, 15) is 0 Å². The minimum atomic E-state index is 0.572. The predicted molar refractivity (Wildman–Crippen MR) is 69.5 cm³/mol. The molecule has 0 amide bonds. The van der Waals surface area contributed by atoms with E-state index in [4.69, 9.17) is 0 Å². The SMILES string of the molecule is CC1C=C(Cc2ccccc2)CC(C)N1C. The van der Waals surface area contributed by atoms with Crippen molar-refractivity contribution in [3.63, 3.8) is 0 Å². The normalized spacial score (nSPS) is 26.6. The number of benzene rings is 1. The van der Waals surface area contributed by atoms with Crippen molar-refractivity contribution in [1.82, 2.24) is 4.90 Å². The summed E-state index contributed by atoms with van der Waals surface area (Å²) in [5.41, 5.74) is 3.02. The molecule has 1 aromatic carbocycles. The fourth-order valence-corrected chi connectivity index (χ4v) is 2.44. The Labute approximate surface area is 98.8 Å². The first-order valence-corrected chi connectivity index (χ1v) is 6.12. The predicted octanol–water partition coefficient (Wildman–Crippen LogP) is 3.27. The molecule has 0 aliphatic carbocycles. The zero-order valence-corrected chi connectivity index (χ0v) is 10.5. The van der Waals surface area contributed by atoms with E-state index in [0.717, 1.165) is 6.42 Å². The third-order valence-corrected chi connectivity index (χ3v) is 3.65. The van der Waals surface area contributed by atoms with Gasteiger partial charge in [0.1, 0.15) is 0 Å². The van der Waals surface area contributed by atoms with Crippen LogP contribution in [0.3, 0.4) is 0 Å². The Morgan fingerprint density at radius 2 is 1.88 bits per heavy atom. The van der Waals surface area contributed by atoms with Crippen molar-refractivity contribution in [2.45, 2.75) is 38.8 Å². The zero-order valence-electron chi connectivity index (χ0n) is 10.5. The molecule has 0 aromatic heterocycles. The minimum absolute atomic E-state index is 0.572. The molecule has 1 heteroatoms. The summed E-state index contributed by atoms with van der Waals surface area (Å²) in [4.78, 5) is 2.44. The molecule has 1 aliphatic heterocycles. The summed E-state index contributed by atoms with van der Waals surface area (Å²) in [6.07, 6.45) is 4.74. The van der Waals surface area contributed by atoms with Gasteiger partial charge in [-0.2, -0.15) is 0 Å². The molecule has 0 spiro atoms. The molecule has 0 saturated heterocycles. The van der Waals surface area contributed by atoms with Gasteiger partial charge in [0.05, 0.1) is 0 Å². The number of hydrogen-bond acceptors (Lipinski definition) is 1. The maximum atomic E-state index is 2.44. The second kappa shape index (κ2) is 4.84. The third-order valence-electron chi connectivity index (χ3n) is 3.65. The van der Waals surface area contributed by atoms with Gasteiger partial charge in [-0.3, -0.25) is 4.90 Å². The van der Waals surface area contributed by atoms with Crippen LogP contribution in [0.4, 0.5) is 0 Å². The molecule has 2 rings (SSSR count). The summed E-state index contributed by atoms with van der Waals surface area (Å²) in [5, 5.41) is 0. The second-order valence-corrected chi connectivity index (χ2v) is 4.95. The van der Waals surface area contributed by atoms with E-state index < -0.39 is 0 Å². The first-order chi connectivity index (χ1) is 7.66. The van der Waals surface area contributed by atoms with Gasteiger partial charge in [-0.25, -0.2) is 0 Å². The van der Waals surface area contributed by atoms with Crippen molar-refractivity contribution in [3.8, 4) is 0 Å². The molecule has 2 unspecified atom stereocenters. The number of nitrogens with zero attached hydrogens (tertiary/aromatic N) is 1. The Bertz CT molecular complexity index is 366. The minimum Gasteiger partial charge on any atom is -0.297 e. The van der Waals surface area contributed by atoms with Crippen LogP contribution < -0.4 is 0 Å². The fraction of sp³-hybridized carbons (Fsp3) is 0.467. The van der Waals surface area contributed by atoms with E-state index in [2.05, 4.69) is 62.2 Å². The average molecular weight is 215 g/mol. The van der Waals surface area contributed by atoms with Crippen LogP contribution >= 0.6 is 0 Å². The molecule has 1 heterocycles. The van der Waals surface area contributed by atoms with Crippen LogP contribution in [-0.2, 0) is 6.42 Å².